The predicted octanol–water partition coefficient (Wildman–Crippen LogP) is 3.91. The molecule has 1 aromatic heterocycles. The molecular weight excluding hydrogens is 474 g/mol. The summed E-state index contributed by atoms with van der Waals surface area (Å²) in [5, 5.41) is 2.88. The van der Waals surface area contributed by atoms with Gasteiger partial charge in [-0.25, -0.2) is 9.97 Å². The molecular formula is C27H29N5O3S. The van der Waals surface area contributed by atoms with Crippen LogP contribution in [-0.2, 0) is 26.9 Å². The molecule has 3 aromatic rings. The third-order valence-electron chi connectivity index (χ3n) is 6.92. The average molecular weight is 504 g/mol. The van der Waals surface area contributed by atoms with Gasteiger partial charge in [-0.3, -0.25) is 13.8 Å². The van der Waals surface area contributed by atoms with Gasteiger partial charge in [0, 0.05) is 42.0 Å². The molecule has 186 valence electrons. The summed E-state index contributed by atoms with van der Waals surface area (Å²) in [5.74, 6) is 0.102. The number of carbonyl (C=O) groups is 2. The zero-order valence-corrected chi connectivity index (χ0v) is 21.4. The van der Waals surface area contributed by atoms with Crippen LogP contribution in [0.15, 0.2) is 59.8 Å². The quantitative estimate of drug-likeness (QED) is 0.567. The Morgan fingerprint density at radius 3 is 2.47 bits per heavy atom. The minimum Gasteiger partial charge on any atom is -0.334 e. The number of aromatic nitrogens is 2. The van der Waals surface area contributed by atoms with Crippen LogP contribution in [0.1, 0.15) is 54.1 Å². The lowest BCUT2D eigenvalue weighted by Crippen LogP contribution is -2.35. The van der Waals surface area contributed by atoms with E-state index in [-0.39, 0.29) is 17.9 Å². The molecule has 36 heavy (non-hydrogen) atoms. The number of amides is 2. The highest BCUT2D eigenvalue weighted by molar-refractivity contribution is 7.84. The van der Waals surface area contributed by atoms with Crippen molar-refractivity contribution in [3.05, 3.63) is 77.1 Å². The zero-order valence-electron chi connectivity index (χ0n) is 20.6. The van der Waals surface area contributed by atoms with Crippen LogP contribution in [-0.4, -0.2) is 43.7 Å². The van der Waals surface area contributed by atoms with Crippen LogP contribution < -0.4 is 10.2 Å². The van der Waals surface area contributed by atoms with E-state index in [0.717, 1.165) is 30.5 Å². The molecule has 0 spiro atoms. The number of hydrogen-bond donors (Lipinski definition) is 1. The van der Waals surface area contributed by atoms with Crippen molar-refractivity contribution in [3.63, 3.8) is 0 Å². The van der Waals surface area contributed by atoms with Crippen molar-refractivity contribution >= 4 is 34.2 Å². The maximum Gasteiger partial charge on any atom is 0.251 e. The maximum absolute atomic E-state index is 13.3. The number of anilines is 2. The first kappa shape index (κ1) is 24.1. The van der Waals surface area contributed by atoms with Crippen LogP contribution >= 0.6 is 0 Å². The standard InChI is InChI=1S/C27H29N5O3S/c1-17-6-8-19(9-7-17)24-5-4-12-31(24)27-28-14-21(15-29-27)30-26(34)25-23-11-10-22(36(3)35)13-20(23)16-32(25)18(2)33/h6-11,13-15,24-25H,4-5,12,16H2,1-3H3,(H,30,34). The van der Waals surface area contributed by atoms with Gasteiger partial charge in [0.15, 0.2) is 0 Å². The number of carbonyl (C=O) groups excluding carboxylic acids is 2. The number of hydrogen-bond acceptors (Lipinski definition) is 6. The molecule has 2 aromatic carbocycles. The van der Waals surface area contributed by atoms with Crippen molar-refractivity contribution in [2.45, 2.75) is 50.2 Å². The highest BCUT2D eigenvalue weighted by atomic mass is 32.2. The minimum atomic E-state index is -1.14. The number of benzene rings is 2. The molecule has 2 amide bonds. The van der Waals surface area contributed by atoms with Gasteiger partial charge in [-0.2, -0.15) is 0 Å². The first-order valence-electron chi connectivity index (χ1n) is 12.0. The minimum absolute atomic E-state index is 0.201. The number of fused-ring (bicyclic) bond motifs is 1. The first-order chi connectivity index (χ1) is 17.3. The SMILES string of the molecule is CC(=O)N1Cc2cc(S(C)=O)ccc2C1C(=O)Nc1cnc(N2CCCC2c2ccc(C)cc2)nc1. The number of rotatable bonds is 5. The summed E-state index contributed by atoms with van der Waals surface area (Å²) in [7, 11) is -1.14. The van der Waals surface area contributed by atoms with E-state index in [1.807, 2.05) is 6.07 Å². The number of nitrogens with zero attached hydrogens (tertiary/aromatic N) is 4. The van der Waals surface area contributed by atoms with Crippen molar-refractivity contribution in [3.8, 4) is 0 Å². The molecule has 5 rings (SSSR count). The highest BCUT2D eigenvalue weighted by Gasteiger charge is 2.37. The Kier molecular flexibility index (Phi) is 6.57. The van der Waals surface area contributed by atoms with Crippen molar-refractivity contribution in [1.82, 2.24) is 14.9 Å². The average Bonchev–Trinajstić information content (AvgIpc) is 3.50. The van der Waals surface area contributed by atoms with Gasteiger partial charge in [0.05, 0.1) is 24.1 Å². The fourth-order valence-electron chi connectivity index (χ4n) is 5.07. The van der Waals surface area contributed by atoms with E-state index in [2.05, 4.69) is 51.4 Å². The van der Waals surface area contributed by atoms with E-state index in [4.69, 9.17) is 0 Å². The van der Waals surface area contributed by atoms with E-state index in [1.54, 1.807) is 30.8 Å². The zero-order chi connectivity index (χ0) is 25.4. The van der Waals surface area contributed by atoms with Crippen molar-refractivity contribution in [2.75, 3.05) is 23.0 Å². The molecule has 2 aliphatic rings. The van der Waals surface area contributed by atoms with Gasteiger partial charge in [-0.15, -0.1) is 0 Å². The Morgan fingerprint density at radius 2 is 1.81 bits per heavy atom. The molecule has 1 fully saturated rings. The molecule has 0 saturated carbocycles. The summed E-state index contributed by atoms with van der Waals surface area (Å²) in [6.45, 7) is 4.71. The summed E-state index contributed by atoms with van der Waals surface area (Å²) in [5.41, 5.74) is 4.53. The normalized spacial score (nSPS) is 19.8. The Morgan fingerprint density at radius 1 is 1.08 bits per heavy atom. The lowest BCUT2D eigenvalue weighted by Gasteiger charge is -2.25. The van der Waals surface area contributed by atoms with E-state index in [1.165, 1.54) is 23.0 Å². The van der Waals surface area contributed by atoms with E-state index in [0.29, 0.717) is 23.1 Å². The molecule has 0 radical (unpaired) electrons. The van der Waals surface area contributed by atoms with E-state index < -0.39 is 16.8 Å². The van der Waals surface area contributed by atoms with Crippen LogP contribution in [0, 0.1) is 6.92 Å². The molecule has 2 aliphatic heterocycles. The second kappa shape index (κ2) is 9.81. The fourth-order valence-corrected chi connectivity index (χ4v) is 5.64. The second-order valence-corrected chi connectivity index (χ2v) is 10.8. The maximum atomic E-state index is 13.3. The molecule has 3 atom stereocenters. The van der Waals surface area contributed by atoms with Gasteiger partial charge in [0.25, 0.3) is 5.91 Å². The lowest BCUT2D eigenvalue weighted by molar-refractivity contribution is -0.136. The van der Waals surface area contributed by atoms with Crippen molar-refractivity contribution < 1.29 is 13.8 Å². The van der Waals surface area contributed by atoms with Crippen LogP contribution in [0.3, 0.4) is 0 Å². The van der Waals surface area contributed by atoms with E-state index >= 15 is 0 Å². The molecule has 1 N–H and O–H groups in total. The lowest BCUT2D eigenvalue weighted by atomic mass is 10.0. The van der Waals surface area contributed by atoms with Crippen LogP contribution in [0.5, 0.6) is 0 Å². The monoisotopic (exact) mass is 503 g/mol. The van der Waals surface area contributed by atoms with E-state index in [9.17, 15) is 13.8 Å². The Bertz CT molecular complexity index is 1330. The predicted molar refractivity (Wildman–Crippen MR) is 139 cm³/mol. The molecule has 9 heteroatoms. The molecule has 0 aliphatic carbocycles. The third kappa shape index (κ3) is 4.63. The second-order valence-electron chi connectivity index (χ2n) is 9.39. The summed E-state index contributed by atoms with van der Waals surface area (Å²) in [4.78, 5) is 39.1. The topological polar surface area (TPSA) is 95.5 Å². The summed E-state index contributed by atoms with van der Waals surface area (Å²) >= 11 is 0. The molecule has 8 nitrogen and oxygen atoms in total. The fraction of sp³-hybridized carbons (Fsp3) is 0.333. The largest absolute Gasteiger partial charge is 0.334 e. The van der Waals surface area contributed by atoms with Crippen LogP contribution in [0.4, 0.5) is 11.6 Å². The van der Waals surface area contributed by atoms with Gasteiger partial charge in [0.2, 0.25) is 11.9 Å². The number of nitrogens with one attached hydrogen (secondary N) is 1. The van der Waals surface area contributed by atoms with Gasteiger partial charge >= 0.3 is 0 Å². The molecule has 3 unspecified atom stereocenters. The Labute approximate surface area is 213 Å². The van der Waals surface area contributed by atoms with Crippen molar-refractivity contribution in [1.29, 1.82) is 0 Å². The highest BCUT2D eigenvalue weighted by Crippen LogP contribution is 2.37. The van der Waals surface area contributed by atoms with Crippen LogP contribution in [0.25, 0.3) is 0 Å². The molecule has 3 heterocycles. The van der Waals surface area contributed by atoms with Gasteiger partial charge in [0.1, 0.15) is 6.04 Å². The molecule has 0 bridgehead atoms. The smallest absolute Gasteiger partial charge is 0.251 e. The summed E-state index contributed by atoms with van der Waals surface area (Å²) < 4.78 is 11.9. The first-order valence-corrected chi connectivity index (χ1v) is 13.6. The molecule has 1 saturated heterocycles. The number of aryl methyl sites for hydroxylation is 1. The van der Waals surface area contributed by atoms with Gasteiger partial charge in [-0.05, 0) is 48.6 Å². The Hall–Kier alpha value is -3.59. The third-order valence-corrected chi connectivity index (χ3v) is 7.84. The summed E-state index contributed by atoms with van der Waals surface area (Å²) in [6, 6.07) is 13.4. The van der Waals surface area contributed by atoms with Gasteiger partial charge in [-0.1, -0.05) is 35.9 Å². The van der Waals surface area contributed by atoms with Gasteiger partial charge < -0.3 is 15.1 Å². The van der Waals surface area contributed by atoms with Crippen LogP contribution in [0.2, 0.25) is 0 Å². The summed E-state index contributed by atoms with van der Waals surface area (Å²) in [6.07, 6.45) is 6.94. The Balaban J connectivity index is 1.33. The van der Waals surface area contributed by atoms with Crippen molar-refractivity contribution in [2.24, 2.45) is 0 Å².